The van der Waals surface area contributed by atoms with Crippen LogP contribution < -0.4 is 5.32 Å². The lowest BCUT2D eigenvalue weighted by molar-refractivity contribution is -0.278. The fourth-order valence-electron chi connectivity index (χ4n) is 3.87. The molecule has 0 radical (unpaired) electrons. The predicted octanol–water partition coefficient (Wildman–Crippen LogP) is 2.56. The van der Waals surface area contributed by atoms with Gasteiger partial charge in [-0.25, -0.2) is 0 Å². The number of nitrogens with one attached hydrogen (secondary N) is 1. The van der Waals surface area contributed by atoms with E-state index in [1.807, 2.05) is 60.7 Å². The number of rotatable bonds is 2. The third kappa shape index (κ3) is 2.88. The lowest BCUT2D eigenvalue weighted by Crippen LogP contribution is -2.47. The summed E-state index contributed by atoms with van der Waals surface area (Å²) in [6.07, 6.45) is -0.771. The Labute approximate surface area is 146 Å². The van der Waals surface area contributed by atoms with Crippen LogP contribution in [0.2, 0.25) is 0 Å². The quantitative estimate of drug-likeness (QED) is 0.911. The van der Waals surface area contributed by atoms with E-state index >= 15 is 0 Å². The van der Waals surface area contributed by atoms with Crippen LogP contribution in [0.25, 0.3) is 0 Å². The molecule has 0 spiro atoms. The highest BCUT2D eigenvalue weighted by atomic mass is 16.7. The summed E-state index contributed by atoms with van der Waals surface area (Å²) in [4.78, 5) is 0. The minimum absolute atomic E-state index is 0.0425. The molecule has 5 nitrogen and oxygen atoms in total. The molecule has 2 aromatic carbocycles. The molecule has 0 bridgehead atoms. The van der Waals surface area contributed by atoms with Crippen LogP contribution >= 0.6 is 0 Å². The van der Waals surface area contributed by atoms with Crippen molar-refractivity contribution in [2.75, 3.05) is 13.2 Å². The molecular formula is C20H21NO4. The Morgan fingerprint density at radius 2 is 1.08 bits per heavy atom. The van der Waals surface area contributed by atoms with Crippen LogP contribution in [-0.4, -0.2) is 37.5 Å². The molecule has 5 rings (SSSR count). The van der Waals surface area contributed by atoms with Gasteiger partial charge in [0.1, 0.15) is 12.2 Å². The number of benzene rings is 2. The molecule has 0 amide bonds. The van der Waals surface area contributed by atoms with Crippen LogP contribution in [0.1, 0.15) is 23.7 Å². The standard InChI is InChI=1S/C20H21NO4/c1-3-7-13(8-4-1)19-22-11-15-17(24-19)18-16(21-15)12-23-20(25-18)14-9-5-2-6-10-14/h1-10,15-21H,11-12H2/t15-,16-,17+,18+,19-,20+/m0/s1. The lowest BCUT2D eigenvalue weighted by Gasteiger charge is -2.37. The van der Waals surface area contributed by atoms with Gasteiger partial charge in [0, 0.05) is 11.1 Å². The van der Waals surface area contributed by atoms with Crippen molar-refractivity contribution in [2.45, 2.75) is 36.9 Å². The van der Waals surface area contributed by atoms with Gasteiger partial charge in [0.25, 0.3) is 0 Å². The van der Waals surface area contributed by atoms with Crippen molar-refractivity contribution in [3.63, 3.8) is 0 Å². The van der Waals surface area contributed by atoms with Crippen LogP contribution in [0.3, 0.4) is 0 Å². The molecular weight excluding hydrogens is 318 g/mol. The molecule has 3 aliphatic heterocycles. The Hall–Kier alpha value is -1.76. The molecule has 1 N–H and O–H groups in total. The van der Waals surface area contributed by atoms with Gasteiger partial charge in [-0.1, -0.05) is 60.7 Å². The first kappa shape index (κ1) is 15.5. The largest absolute Gasteiger partial charge is 0.347 e. The Bertz CT molecular complexity index is 649. The average Bonchev–Trinajstić information content (AvgIpc) is 3.06. The zero-order valence-electron chi connectivity index (χ0n) is 13.8. The van der Waals surface area contributed by atoms with Gasteiger partial charge in [0.15, 0.2) is 12.6 Å². The topological polar surface area (TPSA) is 49.0 Å². The molecule has 0 unspecified atom stereocenters. The first-order valence-corrected chi connectivity index (χ1v) is 8.78. The van der Waals surface area contributed by atoms with Crippen molar-refractivity contribution >= 4 is 0 Å². The third-order valence-corrected chi connectivity index (χ3v) is 5.10. The van der Waals surface area contributed by atoms with Crippen molar-refractivity contribution in [1.82, 2.24) is 5.32 Å². The average molecular weight is 339 g/mol. The smallest absolute Gasteiger partial charge is 0.184 e. The molecule has 0 aliphatic carbocycles. The van der Waals surface area contributed by atoms with Gasteiger partial charge in [-0.05, 0) is 0 Å². The van der Waals surface area contributed by atoms with Crippen molar-refractivity contribution in [2.24, 2.45) is 0 Å². The minimum atomic E-state index is -0.343. The van der Waals surface area contributed by atoms with Gasteiger partial charge in [0.2, 0.25) is 0 Å². The highest BCUT2D eigenvalue weighted by Gasteiger charge is 2.51. The Balaban J connectivity index is 1.34. The van der Waals surface area contributed by atoms with Crippen molar-refractivity contribution in [1.29, 1.82) is 0 Å². The van der Waals surface area contributed by atoms with E-state index in [1.54, 1.807) is 0 Å². The van der Waals surface area contributed by atoms with Crippen LogP contribution in [0, 0.1) is 0 Å². The highest BCUT2D eigenvalue weighted by Crippen LogP contribution is 2.38. The molecule has 3 fully saturated rings. The van der Waals surface area contributed by atoms with Crippen molar-refractivity contribution in [3.05, 3.63) is 71.8 Å². The number of hydrogen-bond donors (Lipinski definition) is 1. The summed E-state index contributed by atoms with van der Waals surface area (Å²) in [6, 6.07) is 20.4. The summed E-state index contributed by atoms with van der Waals surface area (Å²) >= 11 is 0. The van der Waals surface area contributed by atoms with E-state index < -0.39 is 0 Å². The van der Waals surface area contributed by atoms with E-state index in [0.29, 0.717) is 13.2 Å². The number of hydrogen-bond acceptors (Lipinski definition) is 5. The van der Waals surface area contributed by atoms with Gasteiger partial charge in [0.05, 0.1) is 25.3 Å². The zero-order valence-corrected chi connectivity index (χ0v) is 13.8. The molecule has 6 atom stereocenters. The van der Waals surface area contributed by atoms with E-state index in [1.165, 1.54) is 0 Å². The van der Waals surface area contributed by atoms with Crippen molar-refractivity contribution in [3.8, 4) is 0 Å². The molecule has 5 heteroatoms. The van der Waals surface area contributed by atoms with E-state index in [9.17, 15) is 0 Å². The van der Waals surface area contributed by atoms with Gasteiger partial charge < -0.3 is 24.3 Å². The first-order chi connectivity index (χ1) is 12.4. The van der Waals surface area contributed by atoms with E-state index in [-0.39, 0.29) is 36.9 Å². The van der Waals surface area contributed by atoms with Crippen LogP contribution in [0.15, 0.2) is 60.7 Å². The van der Waals surface area contributed by atoms with Crippen molar-refractivity contribution < 1.29 is 18.9 Å². The molecule has 0 saturated carbocycles. The first-order valence-electron chi connectivity index (χ1n) is 8.78. The van der Waals surface area contributed by atoms with E-state index in [2.05, 4.69) is 5.32 Å². The Kier molecular flexibility index (Phi) is 4.04. The van der Waals surface area contributed by atoms with Gasteiger partial charge in [-0.2, -0.15) is 0 Å². The SMILES string of the molecule is c1ccc([C@@H]2OC[C@@H]3N[C@H]4CO[C@H](c5ccccc5)O[C@H]4[C@@H]3O2)cc1. The molecule has 25 heavy (non-hydrogen) atoms. The summed E-state index contributed by atoms with van der Waals surface area (Å²) < 4.78 is 24.4. The molecule has 3 saturated heterocycles. The second-order valence-corrected chi connectivity index (χ2v) is 6.73. The molecule has 130 valence electrons. The molecule has 0 aromatic heterocycles. The van der Waals surface area contributed by atoms with E-state index in [4.69, 9.17) is 18.9 Å². The molecule has 3 heterocycles. The minimum Gasteiger partial charge on any atom is -0.347 e. The van der Waals surface area contributed by atoms with E-state index in [0.717, 1.165) is 11.1 Å². The summed E-state index contributed by atoms with van der Waals surface area (Å²) in [6.45, 7) is 1.22. The van der Waals surface area contributed by atoms with Crippen LogP contribution in [0.5, 0.6) is 0 Å². The highest BCUT2D eigenvalue weighted by molar-refractivity contribution is 5.19. The van der Waals surface area contributed by atoms with Gasteiger partial charge in [-0.3, -0.25) is 0 Å². The monoisotopic (exact) mass is 339 g/mol. The number of fused-ring (bicyclic) bond motifs is 3. The predicted molar refractivity (Wildman–Crippen MR) is 90.7 cm³/mol. The summed E-state index contributed by atoms with van der Waals surface area (Å²) in [5.41, 5.74) is 2.08. The molecule has 2 aromatic rings. The summed E-state index contributed by atoms with van der Waals surface area (Å²) in [5.74, 6) is 0. The third-order valence-electron chi connectivity index (χ3n) is 5.10. The maximum absolute atomic E-state index is 6.28. The maximum atomic E-state index is 6.28. The lowest BCUT2D eigenvalue weighted by atomic mass is 10.0. The summed E-state index contributed by atoms with van der Waals surface area (Å²) in [7, 11) is 0. The van der Waals surface area contributed by atoms with Crippen LogP contribution in [0.4, 0.5) is 0 Å². The van der Waals surface area contributed by atoms with Gasteiger partial charge in [-0.15, -0.1) is 0 Å². The normalized spacial score (nSPS) is 37.3. The Morgan fingerprint density at radius 1 is 0.640 bits per heavy atom. The van der Waals surface area contributed by atoms with Gasteiger partial charge >= 0.3 is 0 Å². The Morgan fingerprint density at radius 3 is 1.52 bits per heavy atom. The fourth-order valence-corrected chi connectivity index (χ4v) is 3.87. The number of ether oxygens (including phenoxy) is 4. The maximum Gasteiger partial charge on any atom is 0.184 e. The second kappa shape index (κ2) is 6.52. The van der Waals surface area contributed by atoms with Crippen LogP contribution in [-0.2, 0) is 18.9 Å². The second-order valence-electron chi connectivity index (χ2n) is 6.73. The zero-order chi connectivity index (χ0) is 16.6. The fraction of sp³-hybridized carbons (Fsp3) is 0.400. The molecule has 3 aliphatic rings. The summed E-state index contributed by atoms with van der Waals surface area (Å²) in [5, 5.41) is 3.54.